The Bertz CT molecular complexity index is 436. The molecule has 0 aromatic heterocycles. The molecule has 0 spiro atoms. The van der Waals surface area contributed by atoms with Crippen LogP contribution in [0.2, 0.25) is 0 Å². The van der Waals surface area contributed by atoms with Gasteiger partial charge in [-0.25, -0.2) is 0 Å². The summed E-state index contributed by atoms with van der Waals surface area (Å²) >= 11 is 0. The monoisotopic (exact) mass is 236 g/mol. The molecule has 0 amide bonds. The first-order valence-electron chi connectivity index (χ1n) is 5.75. The molecule has 0 aliphatic rings. The lowest BCUT2D eigenvalue weighted by molar-refractivity contribution is -0.141. The summed E-state index contributed by atoms with van der Waals surface area (Å²) in [4.78, 5) is 10.9. The number of carbonyl (C=O) groups is 1. The zero-order valence-corrected chi connectivity index (χ0v) is 11.1. The van der Waals surface area contributed by atoms with Crippen molar-refractivity contribution < 1.29 is 14.6 Å². The van der Waals surface area contributed by atoms with Crippen molar-refractivity contribution in [2.24, 2.45) is 5.92 Å². The van der Waals surface area contributed by atoms with Crippen molar-refractivity contribution in [2.45, 2.75) is 34.1 Å². The van der Waals surface area contributed by atoms with Crippen LogP contribution in [0.25, 0.3) is 0 Å². The minimum atomic E-state index is -0.773. The van der Waals surface area contributed by atoms with Gasteiger partial charge in [0.2, 0.25) is 0 Å². The summed E-state index contributed by atoms with van der Waals surface area (Å²) in [6.07, 6.45) is 0.505. The van der Waals surface area contributed by atoms with Crippen LogP contribution < -0.4 is 4.74 Å². The Kier molecular flexibility index (Phi) is 4.16. The van der Waals surface area contributed by atoms with E-state index in [0.29, 0.717) is 6.42 Å². The van der Waals surface area contributed by atoms with Crippen molar-refractivity contribution in [3.8, 4) is 5.75 Å². The maximum absolute atomic E-state index is 10.9. The molecule has 0 saturated heterocycles. The van der Waals surface area contributed by atoms with Gasteiger partial charge in [-0.1, -0.05) is 13.0 Å². The molecule has 0 bridgehead atoms. The molecule has 94 valence electrons. The molecular formula is C14H20O3. The van der Waals surface area contributed by atoms with Gasteiger partial charge in [0.1, 0.15) is 5.75 Å². The first kappa shape index (κ1) is 13.6. The van der Waals surface area contributed by atoms with Crippen molar-refractivity contribution in [1.29, 1.82) is 0 Å². The number of carboxylic acid groups (broad SMARTS) is 1. The SMILES string of the molecule is COc1c(C)c(C)cc(C)c1CC(C)C(=O)O. The predicted octanol–water partition coefficient (Wildman–Crippen LogP) is 2.88. The normalized spacial score (nSPS) is 12.3. The number of carboxylic acids is 1. The molecular weight excluding hydrogens is 216 g/mol. The minimum Gasteiger partial charge on any atom is -0.496 e. The van der Waals surface area contributed by atoms with Gasteiger partial charge in [0.15, 0.2) is 0 Å². The van der Waals surface area contributed by atoms with Gasteiger partial charge in [-0.05, 0) is 49.4 Å². The highest BCUT2D eigenvalue weighted by atomic mass is 16.5. The molecule has 1 rings (SSSR count). The van der Waals surface area contributed by atoms with E-state index in [1.165, 1.54) is 5.56 Å². The van der Waals surface area contributed by atoms with Gasteiger partial charge in [0.25, 0.3) is 0 Å². The van der Waals surface area contributed by atoms with Gasteiger partial charge in [0.05, 0.1) is 13.0 Å². The van der Waals surface area contributed by atoms with Crippen molar-refractivity contribution in [1.82, 2.24) is 0 Å². The first-order valence-corrected chi connectivity index (χ1v) is 5.75. The molecule has 0 aliphatic heterocycles. The number of ether oxygens (including phenoxy) is 1. The second-order valence-electron chi connectivity index (χ2n) is 4.59. The topological polar surface area (TPSA) is 46.5 Å². The molecule has 0 fully saturated rings. The second-order valence-corrected chi connectivity index (χ2v) is 4.59. The van der Waals surface area contributed by atoms with Gasteiger partial charge in [-0.3, -0.25) is 4.79 Å². The third-order valence-electron chi connectivity index (χ3n) is 3.25. The summed E-state index contributed by atoms with van der Waals surface area (Å²) in [6, 6.07) is 2.09. The fourth-order valence-electron chi connectivity index (χ4n) is 2.03. The summed E-state index contributed by atoms with van der Waals surface area (Å²) in [7, 11) is 1.64. The second kappa shape index (κ2) is 5.21. The Morgan fingerprint density at radius 1 is 1.35 bits per heavy atom. The highest BCUT2D eigenvalue weighted by Crippen LogP contribution is 2.31. The lowest BCUT2D eigenvalue weighted by Crippen LogP contribution is -2.14. The fraction of sp³-hybridized carbons (Fsp3) is 0.500. The molecule has 0 aliphatic carbocycles. The number of benzene rings is 1. The van der Waals surface area contributed by atoms with Gasteiger partial charge in [-0.2, -0.15) is 0 Å². The van der Waals surface area contributed by atoms with E-state index in [2.05, 4.69) is 6.07 Å². The van der Waals surface area contributed by atoms with Crippen LogP contribution in [0.5, 0.6) is 5.75 Å². The van der Waals surface area contributed by atoms with E-state index >= 15 is 0 Å². The van der Waals surface area contributed by atoms with Crippen LogP contribution in [-0.4, -0.2) is 18.2 Å². The number of hydrogen-bond acceptors (Lipinski definition) is 2. The highest BCUT2D eigenvalue weighted by molar-refractivity contribution is 5.70. The van der Waals surface area contributed by atoms with Crippen molar-refractivity contribution in [2.75, 3.05) is 7.11 Å². The van der Waals surface area contributed by atoms with E-state index in [4.69, 9.17) is 9.84 Å². The molecule has 17 heavy (non-hydrogen) atoms. The summed E-state index contributed by atoms with van der Waals surface area (Å²) in [5.74, 6) is -0.343. The van der Waals surface area contributed by atoms with Gasteiger partial charge in [-0.15, -0.1) is 0 Å². The molecule has 1 unspecified atom stereocenters. The molecule has 0 heterocycles. The number of aliphatic carboxylic acids is 1. The third kappa shape index (κ3) is 2.78. The molecule has 1 N–H and O–H groups in total. The van der Waals surface area contributed by atoms with Crippen LogP contribution in [-0.2, 0) is 11.2 Å². The summed E-state index contributed by atoms with van der Waals surface area (Å²) in [5.41, 5.74) is 4.36. The Morgan fingerprint density at radius 3 is 2.41 bits per heavy atom. The molecule has 0 radical (unpaired) electrons. The fourth-order valence-corrected chi connectivity index (χ4v) is 2.03. The molecule has 1 aromatic carbocycles. The number of aryl methyl sites for hydroxylation is 2. The third-order valence-corrected chi connectivity index (χ3v) is 3.25. The van der Waals surface area contributed by atoms with E-state index < -0.39 is 11.9 Å². The van der Waals surface area contributed by atoms with E-state index in [-0.39, 0.29) is 0 Å². The van der Waals surface area contributed by atoms with Crippen molar-refractivity contribution in [3.05, 3.63) is 28.3 Å². The molecule has 1 atom stereocenters. The van der Waals surface area contributed by atoms with E-state index in [1.54, 1.807) is 14.0 Å². The summed E-state index contributed by atoms with van der Waals surface area (Å²) in [5, 5.41) is 8.98. The number of hydrogen-bond donors (Lipinski definition) is 1. The predicted molar refractivity (Wildman–Crippen MR) is 67.7 cm³/mol. The number of rotatable bonds is 4. The van der Waals surface area contributed by atoms with E-state index in [9.17, 15) is 4.79 Å². The lowest BCUT2D eigenvalue weighted by atomic mass is 9.92. The average Bonchev–Trinajstić information content (AvgIpc) is 2.26. The Balaban J connectivity index is 3.22. The average molecular weight is 236 g/mol. The van der Waals surface area contributed by atoms with Crippen molar-refractivity contribution in [3.63, 3.8) is 0 Å². The van der Waals surface area contributed by atoms with E-state index in [0.717, 1.165) is 22.4 Å². The van der Waals surface area contributed by atoms with Crippen LogP contribution in [0.4, 0.5) is 0 Å². The highest BCUT2D eigenvalue weighted by Gasteiger charge is 2.18. The maximum Gasteiger partial charge on any atom is 0.306 e. The lowest BCUT2D eigenvalue weighted by Gasteiger charge is -2.18. The minimum absolute atomic E-state index is 0.398. The van der Waals surface area contributed by atoms with Gasteiger partial charge in [0, 0.05) is 0 Å². The van der Waals surface area contributed by atoms with Crippen LogP contribution in [0.15, 0.2) is 6.07 Å². The first-order chi connectivity index (χ1) is 7.88. The Hall–Kier alpha value is -1.51. The molecule has 0 saturated carbocycles. The smallest absolute Gasteiger partial charge is 0.306 e. The standard InChI is InChI=1S/C14H20O3/c1-8-6-9(2)12(7-10(3)14(15)16)13(17-5)11(8)4/h6,10H,7H2,1-5H3,(H,15,16). The van der Waals surface area contributed by atoms with Gasteiger partial charge >= 0.3 is 5.97 Å². The zero-order chi connectivity index (χ0) is 13.2. The molecule has 1 aromatic rings. The molecule has 3 heteroatoms. The van der Waals surface area contributed by atoms with Crippen LogP contribution >= 0.6 is 0 Å². The molecule has 3 nitrogen and oxygen atoms in total. The Morgan fingerprint density at radius 2 is 1.94 bits per heavy atom. The zero-order valence-electron chi connectivity index (χ0n) is 11.1. The summed E-state index contributed by atoms with van der Waals surface area (Å²) < 4.78 is 5.43. The van der Waals surface area contributed by atoms with Gasteiger partial charge < -0.3 is 9.84 Å². The van der Waals surface area contributed by atoms with Crippen LogP contribution in [0, 0.1) is 26.7 Å². The van der Waals surface area contributed by atoms with Crippen molar-refractivity contribution >= 4 is 5.97 Å². The quantitative estimate of drug-likeness (QED) is 0.874. The number of methoxy groups -OCH3 is 1. The van der Waals surface area contributed by atoms with E-state index in [1.807, 2.05) is 20.8 Å². The van der Waals surface area contributed by atoms with Crippen LogP contribution in [0.3, 0.4) is 0 Å². The Labute approximate surface area is 102 Å². The maximum atomic E-state index is 10.9. The largest absolute Gasteiger partial charge is 0.496 e. The summed E-state index contributed by atoms with van der Waals surface area (Å²) in [6.45, 7) is 7.76. The van der Waals surface area contributed by atoms with Crippen LogP contribution in [0.1, 0.15) is 29.2 Å².